The topological polar surface area (TPSA) is 71.3 Å². The number of nitrogens with zero attached hydrogens (tertiary/aromatic N) is 1. The number of halogens is 1. The maximum Gasteiger partial charge on any atom is 0.266 e. The van der Waals surface area contributed by atoms with Gasteiger partial charge in [0.05, 0.1) is 18.2 Å². The van der Waals surface area contributed by atoms with Crippen LogP contribution in [0.3, 0.4) is 0 Å². The molecular formula is C20H19BrN2O3. The molecule has 6 heteroatoms. The van der Waals surface area contributed by atoms with Crippen molar-refractivity contribution in [3.8, 4) is 17.6 Å². The van der Waals surface area contributed by atoms with Crippen molar-refractivity contribution in [2.24, 2.45) is 0 Å². The van der Waals surface area contributed by atoms with Crippen molar-refractivity contribution in [3.05, 3.63) is 57.6 Å². The summed E-state index contributed by atoms with van der Waals surface area (Å²) >= 11 is 3.42. The van der Waals surface area contributed by atoms with E-state index >= 15 is 0 Å². The highest BCUT2D eigenvalue weighted by Gasteiger charge is 2.13. The summed E-state index contributed by atoms with van der Waals surface area (Å²) in [5.41, 5.74) is 2.36. The van der Waals surface area contributed by atoms with Crippen LogP contribution >= 0.6 is 15.9 Å². The van der Waals surface area contributed by atoms with Crippen molar-refractivity contribution in [2.75, 3.05) is 19.0 Å². The molecule has 0 saturated carbocycles. The van der Waals surface area contributed by atoms with Crippen molar-refractivity contribution in [2.45, 2.75) is 13.8 Å². The molecule has 1 N–H and O–H groups in total. The van der Waals surface area contributed by atoms with Gasteiger partial charge in [-0.15, -0.1) is 0 Å². The zero-order valence-electron chi connectivity index (χ0n) is 14.8. The predicted octanol–water partition coefficient (Wildman–Crippen LogP) is 4.71. The van der Waals surface area contributed by atoms with E-state index in [2.05, 4.69) is 21.2 Å². The lowest BCUT2D eigenvalue weighted by molar-refractivity contribution is -0.112. The molecule has 0 aromatic heterocycles. The van der Waals surface area contributed by atoms with Gasteiger partial charge < -0.3 is 14.8 Å². The fourth-order valence-corrected chi connectivity index (χ4v) is 2.90. The van der Waals surface area contributed by atoms with Crippen LogP contribution in [0.5, 0.6) is 11.5 Å². The monoisotopic (exact) mass is 414 g/mol. The Hall–Kier alpha value is -2.78. The van der Waals surface area contributed by atoms with Crippen molar-refractivity contribution in [3.63, 3.8) is 0 Å². The number of amides is 1. The minimum absolute atomic E-state index is 0.00918. The number of hydrogen-bond acceptors (Lipinski definition) is 4. The van der Waals surface area contributed by atoms with E-state index in [1.54, 1.807) is 31.4 Å². The van der Waals surface area contributed by atoms with Crippen molar-refractivity contribution in [1.82, 2.24) is 0 Å². The van der Waals surface area contributed by atoms with E-state index < -0.39 is 5.91 Å². The Morgan fingerprint density at radius 1 is 1.31 bits per heavy atom. The highest BCUT2D eigenvalue weighted by atomic mass is 79.9. The van der Waals surface area contributed by atoms with Crippen LogP contribution in [0.4, 0.5) is 5.69 Å². The van der Waals surface area contributed by atoms with Gasteiger partial charge in [-0.2, -0.15) is 5.26 Å². The van der Waals surface area contributed by atoms with E-state index in [4.69, 9.17) is 9.47 Å². The number of anilines is 1. The highest BCUT2D eigenvalue weighted by molar-refractivity contribution is 9.10. The van der Waals surface area contributed by atoms with Crippen LogP contribution in [0.25, 0.3) is 6.08 Å². The molecule has 0 unspecified atom stereocenters. The van der Waals surface area contributed by atoms with Gasteiger partial charge in [0.15, 0.2) is 11.5 Å². The number of hydrogen-bond donors (Lipinski definition) is 1. The zero-order valence-corrected chi connectivity index (χ0v) is 16.4. The summed E-state index contributed by atoms with van der Waals surface area (Å²) in [5.74, 6) is 0.625. The van der Waals surface area contributed by atoms with Gasteiger partial charge in [0.2, 0.25) is 0 Å². The maximum absolute atomic E-state index is 12.4. The van der Waals surface area contributed by atoms with Crippen LogP contribution in [0.1, 0.15) is 18.1 Å². The first-order valence-corrected chi connectivity index (χ1v) is 8.78. The number of carbonyl (C=O) groups is 1. The lowest BCUT2D eigenvalue weighted by Gasteiger charge is -2.12. The van der Waals surface area contributed by atoms with Gasteiger partial charge in [-0.25, -0.2) is 0 Å². The van der Waals surface area contributed by atoms with Gasteiger partial charge in [-0.3, -0.25) is 4.79 Å². The lowest BCUT2D eigenvalue weighted by atomic mass is 10.1. The largest absolute Gasteiger partial charge is 0.492 e. The summed E-state index contributed by atoms with van der Waals surface area (Å²) in [6.45, 7) is 4.30. The second-order valence-corrected chi connectivity index (χ2v) is 6.31. The number of methoxy groups -OCH3 is 1. The molecule has 0 aliphatic rings. The standard InChI is InChI=1S/C20H19BrN2O3/c1-4-26-18-11-14(10-17(21)19(18)25-3)9-15(12-22)20(24)23-16-7-5-13(2)6-8-16/h5-11H,4H2,1-3H3,(H,23,24)/b15-9-. The second kappa shape index (κ2) is 9.07. The molecule has 2 aromatic carbocycles. The van der Waals surface area contributed by atoms with Crippen LogP contribution in [0, 0.1) is 18.3 Å². The van der Waals surface area contributed by atoms with Crippen LogP contribution < -0.4 is 14.8 Å². The van der Waals surface area contributed by atoms with Crippen molar-refractivity contribution >= 4 is 33.6 Å². The average Bonchev–Trinajstić information content (AvgIpc) is 2.61. The summed E-state index contributed by atoms with van der Waals surface area (Å²) < 4.78 is 11.6. The van der Waals surface area contributed by atoms with E-state index in [1.807, 2.05) is 32.0 Å². The Bertz CT molecular complexity index is 868. The number of benzene rings is 2. The number of nitriles is 1. The molecule has 5 nitrogen and oxygen atoms in total. The Balaban J connectivity index is 2.31. The first kappa shape index (κ1) is 19.5. The van der Waals surface area contributed by atoms with Gasteiger partial charge in [0.25, 0.3) is 5.91 Å². The number of aryl methyl sites for hydroxylation is 1. The molecule has 0 spiro atoms. The van der Waals surface area contributed by atoms with E-state index in [0.29, 0.717) is 33.8 Å². The van der Waals surface area contributed by atoms with Gasteiger partial charge in [-0.05, 0) is 65.7 Å². The predicted molar refractivity (Wildman–Crippen MR) is 105 cm³/mol. The summed E-state index contributed by atoms with van der Waals surface area (Å²) in [6.07, 6.45) is 1.51. The zero-order chi connectivity index (χ0) is 19.1. The quantitative estimate of drug-likeness (QED) is 0.548. The number of carbonyl (C=O) groups excluding carboxylic acids is 1. The molecule has 0 atom stereocenters. The first-order chi connectivity index (χ1) is 12.5. The first-order valence-electron chi connectivity index (χ1n) is 7.98. The summed E-state index contributed by atoms with van der Waals surface area (Å²) in [5, 5.41) is 12.1. The van der Waals surface area contributed by atoms with Gasteiger partial charge in [-0.1, -0.05) is 17.7 Å². The molecule has 0 aliphatic heterocycles. The average molecular weight is 415 g/mol. The molecule has 0 radical (unpaired) electrons. The maximum atomic E-state index is 12.4. The van der Waals surface area contributed by atoms with Gasteiger partial charge >= 0.3 is 0 Å². The smallest absolute Gasteiger partial charge is 0.266 e. The number of nitrogens with one attached hydrogen (secondary N) is 1. The van der Waals surface area contributed by atoms with Crippen molar-refractivity contribution < 1.29 is 14.3 Å². The summed E-state index contributed by atoms with van der Waals surface area (Å²) in [6, 6.07) is 12.8. The third kappa shape index (κ3) is 4.87. The van der Waals surface area contributed by atoms with E-state index in [9.17, 15) is 10.1 Å². The normalized spacial score (nSPS) is 10.8. The van der Waals surface area contributed by atoms with Crippen LogP contribution in [-0.2, 0) is 4.79 Å². The second-order valence-electron chi connectivity index (χ2n) is 5.46. The van der Waals surface area contributed by atoms with Gasteiger partial charge in [0, 0.05) is 5.69 Å². The van der Waals surface area contributed by atoms with E-state index in [1.165, 1.54) is 6.08 Å². The van der Waals surface area contributed by atoms with Crippen molar-refractivity contribution in [1.29, 1.82) is 5.26 Å². The van der Waals surface area contributed by atoms with Gasteiger partial charge in [0.1, 0.15) is 11.6 Å². The molecule has 0 bridgehead atoms. The fourth-order valence-electron chi connectivity index (χ4n) is 2.28. The Labute approximate surface area is 161 Å². The molecule has 0 saturated heterocycles. The summed E-state index contributed by atoms with van der Waals surface area (Å²) in [7, 11) is 1.55. The molecule has 2 rings (SSSR count). The Kier molecular flexibility index (Phi) is 6.81. The third-order valence-electron chi connectivity index (χ3n) is 3.52. The minimum Gasteiger partial charge on any atom is -0.492 e. The molecular weight excluding hydrogens is 396 g/mol. The minimum atomic E-state index is -0.471. The highest BCUT2D eigenvalue weighted by Crippen LogP contribution is 2.37. The Morgan fingerprint density at radius 2 is 2.00 bits per heavy atom. The van der Waals surface area contributed by atoms with Crippen LogP contribution in [0.15, 0.2) is 46.4 Å². The molecule has 0 aliphatic carbocycles. The van der Waals surface area contributed by atoms with Crippen LogP contribution in [-0.4, -0.2) is 19.6 Å². The molecule has 2 aromatic rings. The molecule has 0 heterocycles. The van der Waals surface area contributed by atoms with Crippen LogP contribution in [0.2, 0.25) is 0 Å². The number of ether oxygens (including phenoxy) is 2. The molecule has 134 valence electrons. The fraction of sp³-hybridized carbons (Fsp3) is 0.200. The SMILES string of the molecule is CCOc1cc(/C=C(/C#N)C(=O)Nc2ccc(C)cc2)cc(Br)c1OC. The summed E-state index contributed by atoms with van der Waals surface area (Å²) in [4.78, 5) is 12.4. The lowest BCUT2D eigenvalue weighted by Crippen LogP contribution is -2.13. The van der Waals surface area contributed by atoms with E-state index in [-0.39, 0.29) is 5.57 Å². The Morgan fingerprint density at radius 3 is 2.58 bits per heavy atom. The van der Waals surface area contributed by atoms with E-state index in [0.717, 1.165) is 5.56 Å². The molecule has 1 amide bonds. The molecule has 26 heavy (non-hydrogen) atoms. The number of rotatable bonds is 6. The molecule has 0 fully saturated rings. The third-order valence-corrected chi connectivity index (χ3v) is 4.11.